The van der Waals surface area contributed by atoms with Gasteiger partial charge in [0.05, 0.1) is 0 Å². The Morgan fingerprint density at radius 1 is 0.893 bits per heavy atom. The van der Waals surface area contributed by atoms with E-state index in [-0.39, 0.29) is 17.5 Å². The maximum atomic E-state index is 13.6. The maximum absolute atomic E-state index is 13.6. The lowest BCUT2D eigenvalue weighted by Gasteiger charge is -2.29. The zero-order valence-corrected chi connectivity index (χ0v) is 35.2. The number of anilines is 1. The van der Waals surface area contributed by atoms with E-state index < -0.39 is 0 Å². The molecule has 2 N–H and O–H groups in total. The molecule has 5 aromatic rings. The Morgan fingerprint density at radius 3 is 2.27 bits per heavy atom. The van der Waals surface area contributed by atoms with E-state index in [1.165, 1.54) is 98.0 Å². The van der Waals surface area contributed by atoms with Crippen molar-refractivity contribution in [1.82, 2.24) is 9.47 Å². The third-order valence-electron chi connectivity index (χ3n) is 11.9. The summed E-state index contributed by atoms with van der Waals surface area (Å²) in [5.41, 5.74) is 10.0. The summed E-state index contributed by atoms with van der Waals surface area (Å²) in [6, 6.07) is 24.5. The van der Waals surface area contributed by atoms with Crippen LogP contribution < -0.4 is 5.32 Å². The minimum Gasteiger partial charge on any atom is -0.507 e. The number of aryl methyl sites for hydroxylation is 2. The summed E-state index contributed by atoms with van der Waals surface area (Å²) in [7, 11) is 0. The molecule has 0 spiro atoms. The van der Waals surface area contributed by atoms with Crippen LogP contribution in [0.5, 0.6) is 5.75 Å². The molecular weight excluding hydrogens is 694 g/mol. The van der Waals surface area contributed by atoms with Gasteiger partial charge in [0.25, 0.3) is 5.91 Å². The van der Waals surface area contributed by atoms with E-state index in [1.807, 2.05) is 44.2 Å². The van der Waals surface area contributed by atoms with Gasteiger partial charge in [-0.2, -0.15) is 0 Å². The monoisotopic (exact) mass is 760 g/mol. The maximum Gasteiger partial charge on any atom is 0.255 e. The fraction of sp³-hybridized carbons (Fsp3) is 0.460. The number of hydrogen-bond donors (Lipinski definition) is 2. The highest BCUT2D eigenvalue weighted by Crippen LogP contribution is 2.46. The average molecular weight is 760 g/mol. The molecule has 6 heteroatoms. The van der Waals surface area contributed by atoms with Gasteiger partial charge in [-0.15, -0.1) is 0 Å². The molecule has 1 heterocycles. The number of nitrogens with one attached hydrogen (secondary N) is 1. The van der Waals surface area contributed by atoms with Crippen molar-refractivity contribution >= 4 is 22.5 Å². The molecule has 0 bridgehead atoms. The third-order valence-corrected chi connectivity index (χ3v) is 11.9. The smallest absolute Gasteiger partial charge is 0.255 e. The van der Waals surface area contributed by atoms with Crippen LogP contribution in [0, 0.1) is 25.6 Å². The Morgan fingerprint density at radius 2 is 1.61 bits per heavy atom. The van der Waals surface area contributed by atoms with E-state index in [0.717, 1.165) is 60.4 Å². The van der Waals surface area contributed by atoms with Gasteiger partial charge in [-0.05, 0) is 161 Å². The Balaban J connectivity index is 0.00000295. The molecule has 0 saturated heterocycles. The van der Waals surface area contributed by atoms with Gasteiger partial charge in [0.15, 0.2) is 0 Å². The third kappa shape index (κ3) is 10.7. The average Bonchev–Trinajstić information content (AvgIpc) is 3.41. The Labute approximate surface area is 336 Å². The van der Waals surface area contributed by atoms with Crippen LogP contribution >= 0.6 is 0 Å². The number of halogens is 1. The van der Waals surface area contributed by atoms with Crippen molar-refractivity contribution in [2.24, 2.45) is 5.92 Å². The van der Waals surface area contributed by atoms with Crippen LogP contribution in [0.1, 0.15) is 137 Å². The van der Waals surface area contributed by atoms with Gasteiger partial charge in [-0.1, -0.05) is 84.2 Å². The van der Waals surface area contributed by atoms with Crippen LogP contribution in [-0.4, -0.2) is 40.1 Å². The van der Waals surface area contributed by atoms with Crippen LogP contribution in [0.3, 0.4) is 0 Å². The molecule has 6 rings (SSSR count). The topological polar surface area (TPSA) is 57.5 Å². The summed E-state index contributed by atoms with van der Waals surface area (Å²) in [5, 5.41) is 15.4. The number of fused-ring (bicyclic) bond motifs is 1. The number of carbonyl (C=O) groups excluding carboxylic acids is 1. The van der Waals surface area contributed by atoms with Crippen LogP contribution in [0.15, 0.2) is 78.9 Å². The van der Waals surface area contributed by atoms with Gasteiger partial charge in [0.2, 0.25) is 0 Å². The van der Waals surface area contributed by atoms with Crippen LogP contribution in [0.25, 0.3) is 22.0 Å². The zero-order chi connectivity index (χ0) is 40.2. The molecule has 1 amide bonds. The Bertz CT molecular complexity index is 2010. The first-order valence-electron chi connectivity index (χ1n) is 21.5. The van der Waals surface area contributed by atoms with Gasteiger partial charge in [-0.3, -0.25) is 4.79 Å². The lowest BCUT2D eigenvalue weighted by atomic mass is 9.76. The van der Waals surface area contributed by atoms with Gasteiger partial charge < -0.3 is 19.9 Å². The van der Waals surface area contributed by atoms with E-state index in [2.05, 4.69) is 67.6 Å². The van der Waals surface area contributed by atoms with Gasteiger partial charge in [-0.25, -0.2) is 4.39 Å². The summed E-state index contributed by atoms with van der Waals surface area (Å²) in [4.78, 5) is 16.0. The second-order valence-corrected chi connectivity index (χ2v) is 15.8. The van der Waals surface area contributed by atoms with Gasteiger partial charge in [0, 0.05) is 46.0 Å². The van der Waals surface area contributed by atoms with E-state index >= 15 is 0 Å². The van der Waals surface area contributed by atoms with Crippen molar-refractivity contribution in [3.8, 4) is 16.9 Å². The summed E-state index contributed by atoms with van der Waals surface area (Å²) < 4.78 is 16.1. The van der Waals surface area contributed by atoms with Crippen molar-refractivity contribution in [3.05, 3.63) is 118 Å². The quantitative estimate of drug-likeness (QED) is 0.0875. The molecule has 56 heavy (non-hydrogen) atoms. The molecular formula is C50H66FN3O2. The zero-order valence-electron chi connectivity index (χ0n) is 35.2. The van der Waals surface area contributed by atoms with Gasteiger partial charge >= 0.3 is 0 Å². The Kier molecular flexibility index (Phi) is 15.8. The van der Waals surface area contributed by atoms with Crippen molar-refractivity contribution in [2.75, 3.05) is 25.0 Å². The summed E-state index contributed by atoms with van der Waals surface area (Å²) in [6.07, 6.45) is 11.5. The molecule has 1 atom stereocenters. The highest BCUT2D eigenvalue weighted by atomic mass is 19.1. The normalized spacial score (nSPS) is 13.4. The number of unbranched alkanes of at least 4 members (excludes halogenated alkanes) is 2. The molecule has 4 aromatic carbocycles. The number of benzene rings is 4. The fourth-order valence-electron chi connectivity index (χ4n) is 8.04. The van der Waals surface area contributed by atoms with Crippen LogP contribution in [-0.2, 0) is 13.0 Å². The molecule has 1 saturated carbocycles. The van der Waals surface area contributed by atoms with Crippen LogP contribution in [0.2, 0.25) is 0 Å². The van der Waals surface area contributed by atoms with E-state index in [9.17, 15) is 14.3 Å². The number of phenolic OH excluding ortho intramolecular Hbond substituents is 1. The number of aromatic nitrogens is 1. The fourth-order valence-corrected chi connectivity index (χ4v) is 8.04. The largest absolute Gasteiger partial charge is 0.507 e. The van der Waals surface area contributed by atoms with Crippen molar-refractivity contribution in [2.45, 2.75) is 125 Å². The predicted molar refractivity (Wildman–Crippen MR) is 235 cm³/mol. The molecule has 1 aromatic heterocycles. The number of nitrogens with zero attached hydrogens (tertiary/aromatic N) is 2. The van der Waals surface area contributed by atoms with E-state index in [4.69, 9.17) is 0 Å². The van der Waals surface area contributed by atoms with Crippen molar-refractivity contribution < 1.29 is 14.3 Å². The number of carbonyl (C=O) groups is 1. The molecule has 1 unspecified atom stereocenters. The molecule has 1 aliphatic carbocycles. The predicted octanol–water partition coefficient (Wildman–Crippen LogP) is 13.2. The second-order valence-electron chi connectivity index (χ2n) is 15.8. The minimum atomic E-state index is -0.312. The van der Waals surface area contributed by atoms with E-state index in [0.29, 0.717) is 17.2 Å². The summed E-state index contributed by atoms with van der Waals surface area (Å²) in [6.45, 7) is 20.2. The summed E-state index contributed by atoms with van der Waals surface area (Å²) in [5.74, 6) is 0.675. The first-order chi connectivity index (χ1) is 27.1. The molecule has 1 fully saturated rings. The molecule has 5 nitrogen and oxygen atoms in total. The lowest BCUT2D eigenvalue weighted by molar-refractivity contribution is 0.102. The number of hydrogen-bond acceptors (Lipinski definition) is 3. The number of amides is 1. The number of phenols is 1. The SMILES string of the molecule is CC.CCCN(CCCCCn1c(C)c(C)c2cc(Cc3ccc(C(=O)Nc4cc(O)c(-c5ccc(F)cc5)c(C5CCC5)c4)cc3)ccc21)CCC(C)CC. The Hall–Kier alpha value is -4.42. The minimum absolute atomic E-state index is 0.0893. The van der Waals surface area contributed by atoms with E-state index in [1.54, 1.807) is 18.2 Å². The van der Waals surface area contributed by atoms with Crippen LogP contribution in [0.4, 0.5) is 10.1 Å². The first kappa shape index (κ1) is 42.7. The molecule has 300 valence electrons. The molecule has 0 aliphatic heterocycles. The lowest BCUT2D eigenvalue weighted by Crippen LogP contribution is -2.28. The van der Waals surface area contributed by atoms with Gasteiger partial charge in [0.1, 0.15) is 11.6 Å². The standard InChI is InChI=1S/C48H60FN3O2.C2H6/c1-6-25-51(28-24-33(3)7-2)26-9-8-10-27-52-35(5)34(4)43-30-37(16-23-45(43)52)29-36-14-17-40(18-15-36)48(54)50-42-31-44(38-12-11-13-38)47(46(53)32-42)39-19-21-41(49)22-20-39;1-2/h14-23,30-33,38,53H,6-13,24-29H2,1-5H3,(H,50,54);1-2H3. The number of rotatable bonds is 18. The number of aromatic hydroxyl groups is 1. The van der Waals surface area contributed by atoms with Crippen molar-refractivity contribution in [3.63, 3.8) is 0 Å². The second kappa shape index (κ2) is 20.7. The first-order valence-corrected chi connectivity index (χ1v) is 21.5. The highest BCUT2D eigenvalue weighted by molar-refractivity contribution is 6.04. The van der Waals surface area contributed by atoms with Crippen molar-refractivity contribution in [1.29, 1.82) is 0 Å². The summed E-state index contributed by atoms with van der Waals surface area (Å²) >= 11 is 0. The molecule has 0 radical (unpaired) electrons. The molecule has 1 aliphatic rings. The highest BCUT2D eigenvalue weighted by Gasteiger charge is 2.26.